The second-order valence-electron chi connectivity index (χ2n) is 6.07. The summed E-state index contributed by atoms with van der Waals surface area (Å²) < 4.78 is 7.07. The van der Waals surface area contributed by atoms with Crippen molar-refractivity contribution in [3.05, 3.63) is 18.0 Å². The van der Waals surface area contributed by atoms with Gasteiger partial charge < -0.3 is 9.64 Å². The molecule has 8 heteroatoms. The van der Waals surface area contributed by atoms with E-state index in [2.05, 4.69) is 5.10 Å². The fraction of sp³-hybridized carbons (Fsp3) is 0.688. The number of aromatic nitrogens is 2. The molecule has 3 heterocycles. The minimum Gasteiger partial charge on any atom is -0.372 e. The predicted octanol–water partition coefficient (Wildman–Crippen LogP) is 0.747. The van der Waals surface area contributed by atoms with Gasteiger partial charge in [-0.3, -0.25) is 19.1 Å². The van der Waals surface area contributed by atoms with Crippen LogP contribution in [0.4, 0.5) is 0 Å². The van der Waals surface area contributed by atoms with E-state index < -0.39 is 0 Å². The van der Waals surface area contributed by atoms with E-state index in [1.54, 1.807) is 11.1 Å². The number of hydrogen-bond donors (Lipinski definition) is 0. The third-order valence-electron chi connectivity index (χ3n) is 4.36. The summed E-state index contributed by atoms with van der Waals surface area (Å²) in [5.74, 6) is -0.115. The second kappa shape index (κ2) is 7.76. The largest absolute Gasteiger partial charge is 0.372 e. The molecule has 1 atom stereocenters. The Labute approximate surface area is 141 Å². The van der Waals surface area contributed by atoms with Crippen molar-refractivity contribution in [2.45, 2.75) is 38.8 Å². The SMILES string of the molecule is CCOCC(=O)N1Cc2ccnn2[C@@H](CC(=O)N2CCCCO2)C1. The highest BCUT2D eigenvalue weighted by atomic mass is 16.7. The number of hydrogen-bond acceptors (Lipinski definition) is 5. The van der Waals surface area contributed by atoms with Crippen molar-refractivity contribution in [3.8, 4) is 0 Å². The van der Waals surface area contributed by atoms with Crippen molar-refractivity contribution in [3.63, 3.8) is 0 Å². The number of ether oxygens (including phenoxy) is 1. The molecule has 0 aliphatic carbocycles. The number of carbonyl (C=O) groups excluding carboxylic acids is 2. The van der Waals surface area contributed by atoms with Crippen LogP contribution in [-0.4, -0.2) is 64.5 Å². The number of nitrogens with zero attached hydrogens (tertiary/aromatic N) is 4. The summed E-state index contributed by atoms with van der Waals surface area (Å²) in [7, 11) is 0. The summed E-state index contributed by atoms with van der Waals surface area (Å²) in [6, 6.07) is 1.71. The highest BCUT2D eigenvalue weighted by Crippen LogP contribution is 2.24. The first kappa shape index (κ1) is 16.9. The number of rotatable bonds is 5. The Bertz CT molecular complexity index is 582. The van der Waals surface area contributed by atoms with Gasteiger partial charge in [0, 0.05) is 25.9 Å². The minimum absolute atomic E-state index is 0.0553. The van der Waals surface area contributed by atoms with Gasteiger partial charge in [-0.15, -0.1) is 0 Å². The van der Waals surface area contributed by atoms with Crippen LogP contribution in [0, 0.1) is 0 Å². The smallest absolute Gasteiger partial charge is 0.248 e. The van der Waals surface area contributed by atoms with Crippen LogP contribution in [0.25, 0.3) is 0 Å². The Hall–Kier alpha value is -1.93. The monoisotopic (exact) mass is 336 g/mol. The summed E-state index contributed by atoms with van der Waals surface area (Å²) in [6.07, 6.45) is 3.92. The predicted molar refractivity (Wildman–Crippen MR) is 84.7 cm³/mol. The fourth-order valence-electron chi connectivity index (χ4n) is 3.11. The van der Waals surface area contributed by atoms with Crippen LogP contribution in [-0.2, 0) is 25.7 Å². The van der Waals surface area contributed by atoms with Crippen LogP contribution in [0.1, 0.15) is 37.9 Å². The molecule has 0 radical (unpaired) electrons. The maximum Gasteiger partial charge on any atom is 0.248 e. The summed E-state index contributed by atoms with van der Waals surface area (Å²) in [5.41, 5.74) is 0.934. The Morgan fingerprint density at radius 1 is 1.38 bits per heavy atom. The number of fused-ring (bicyclic) bond motifs is 1. The Morgan fingerprint density at radius 3 is 3.00 bits per heavy atom. The second-order valence-corrected chi connectivity index (χ2v) is 6.07. The van der Waals surface area contributed by atoms with Crippen LogP contribution < -0.4 is 0 Å². The normalized spacial score (nSPS) is 20.8. The molecule has 8 nitrogen and oxygen atoms in total. The topological polar surface area (TPSA) is 76.9 Å². The zero-order chi connectivity index (χ0) is 16.9. The molecule has 0 saturated carbocycles. The first-order chi connectivity index (χ1) is 11.7. The number of carbonyl (C=O) groups is 2. The molecule has 1 aromatic heterocycles. The summed E-state index contributed by atoms with van der Waals surface area (Å²) >= 11 is 0. The van der Waals surface area contributed by atoms with E-state index in [1.807, 2.05) is 17.7 Å². The average molecular weight is 336 g/mol. The molecule has 1 fully saturated rings. The lowest BCUT2D eigenvalue weighted by molar-refractivity contribution is -0.198. The molecule has 1 aromatic rings. The summed E-state index contributed by atoms with van der Waals surface area (Å²) in [5, 5.41) is 5.78. The third kappa shape index (κ3) is 3.76. The van der Waals surface area contributed by atoms with Crippen molar-refractivity contribution >= 4 is 11.8 Å². The fourth-order valence-corrected chi connectivity index (χ4v) is 3.11. The molecule has 2 aliphatic rings. The molecule has 0 spiro atoms. The molecular formula is C16H24N4O4. The van der Waals surface area contributed by atoms with Gasteiger partial charge in [-0.25, -0.2) is 5.06 Å². The summed E-state index contributed by atoms with van der Waals surface area (Å²) in [6.45, 7) is 4.61. The van der Waals surface area contributed by atoms with Crippen LogP contribution in [0.15, 0.2) is 12.3 Å². The molecule has 2 aliphatic heterocycles. The first-order valence-electron chi connectivity index (χ1n) is 8.50. The average Bonchev–Trinajstić information content (AvgIpc) is 3.09. The van der Waals surface area contributed by atoms with Gasteiger partial charge in [0.25, 0.3) is 0 Å². The van der Waals surface area contributed by atoms with E-state index in [9.17, 15) is 9.59 Å². The van der Waals surface area contributed by atoms with Crippen LogP contribution in [0.5, 0.6) is 0 Å². The molecule has 2 amide bonds. The van der Waals surface area contributed by atoms with Gasteiger partial charge in [-0.2, -0.15) is 5.10 Å². The highest BCUT2D eigenvalue weighted by molar-refractivity contribution is 5.78. The van der Waals surface area contributed by atoms with E-state index in [-0.39, 0.29) is 30.9 Å². The van der Waals surface area contributed by atoms with E-state index in [0.717, 1.165) is 18.5 Å². The maximum absolute atomic E-state index is 12.5. The molecule has 0 unspecified atom stereocenters. The zero-order valence-corrected chi connectivity index (χ0v) is 14.0. The van der Waals surface area contributed by atoms with Crippen LogP contribution >= 0.6 is 0 Å². The zero-order valence-electron chi connectivity index (χ0n) is 14.0. The van der Waals surface area contributed by atoms with Gasteiger partial charge in [0.15, 0.2) is 0 Å². The molecule has 0 aromatic carbocycles. The van der Waals surface area contributed by atoms with Gasteiger partial charge in [0.05, 0.1) is 31.3 Å². The van der Waals surface area contributed by atoms with Crippen molar-refractivity contribution in [1.29, 1.82) is 0 Å². The molecule has 0 N–H and O–H groups in total. The quantitative estimate of drug-likeness (QED) is 0.793. The molecule has 0 bridgehead atoms. The van der Waals surface area contributed by atoms with Crippen molar-refractivity contribution in [2.24, 2.45) is 0 Å². The lowest BCUT2D eigenvalue weighted by atomic mass is 10.1. The molecule has 1 saturated heterocycles. The van der Waals surface area contributed by atoms with Crippen molar-refractivity contribution in [2.75, 3.05) is 32.9 Å². The Kier molecular flexibility index (Phi) is 5.47. The lowest BCUT2D eigenvalue weighted by Gasteiger charge is -2.35. The molecule has 132 valence electrons. The summed E-state index contributed by atoms with van der Waals surface area (Å²) in [4.78, 5) is 31.9. The molecule has 24 heavy (non-hydrogen) atoms. The van der Waals surface area contributed by atoms with Crippen molar-refractivity contribution in [1.82, 2.24) is 19.7 Å². The molecule has 3 rings (SSSR count). The maximum atomic E-state index is 12.5. The van der Waals surface area contributed by atoms with E-state index in [0.29, 0.717) is 32.8 Å². The lowest BCUT2D eigenvalue weighted by Crippen LogP contribution is -2.45. The van der Waals surface area contributed by atoms with Crippen LogP contribution in [0.3, 0.4) is 0 Å². The number of hydroxylamine groups is 2. The minimum atomic E-state index is -0.174. The first-order valence-corrected chi connectivity index (χ1v) is 8.50. The van der Waals surface area contributed by atoms with Gasteiger partial charge in [0.2, 0.25) is 11.8 Å². The van der Waals surface area contributed by atoms with E-state index in [4.69, 9.17) is 9.57 Å². The Morgan fingerprint density at radius 2 is 2.25 bits per heavy atom. The number of amides is 2. The van der Waals surface area contributed by atoms with E-state index in [1.165, 1.54) is 5.06 Å². The van der Waals surface area contributed by atoms with Crippen LogP contribution in [0.2, 0.25) is 0 Å². The third-order valence-corrected chi connectivity index (χ3v) is 4.36. The van der Waals surface area contributed by atoms with E-state index >= 15 is 0 Å². The molecular weight excluding hydrogens is 312 g/mol. The highest BCUT2D eigenvalue weighted by Gasteiger charge is 2.31. The van der Waals surface area contributed by atoms with Gasteiger partial charge in [0.1, 0.15) is 6.61 Å². The van der Waals surface area contributed by atoms with Gasteiger partial charge >= 0.3 is 0 Å². The standard InChI is InChI=1S/C16H24N4O4/c1-2-23-12-16(22)18-10-13-5-6-17-20(13)14(11-18)9-15(21)19-7-3-4-8-24-19/h5-6,14H,2-4,7-12H2,1H3/t14-/m0/s1. The van der Waals surface area contributed by atoms with Crippen molar-refractivity contribution < 1.29 is 19.2 Å². The van der Waals surface area contributed by atoms with Gasteiger partial charge in [-0.05, 0) is 25.8 Å². The Balaban J connectivity index is 1.67. The van der Waals surface area contributed by atoms with Gasteiger partial charge in [-0.1, -0.05) is 0 Å².